The van der Waals surface area contributed by atoms with Crippen molar-refractivity contribution in [1.29, 1.82) is 0 Å². The Morgan fingerprint density at radius 3 is 2.25 bits per heavy atom. The number of nitrogens with one attached hydrogen (secondary N) is 1. The highest BCUT2D eigenvalue weighted by molar-refractivity contribution is 9.10. The van der Waals surface area contributed by atoms with Gasteiger partial charge < -0.3 is 5.73 Å². The summed E-state index contributed by atoms with van der Waals surface area (Å²) < 4.78 is 49.4. The summed E-state index contributed by atoms with van der Waals surface area (Å²) in [4.78, 5) is 0.0189. The van der Waals surface area contributed by atoms with Gasteiger partial charge in [0.1, 0.15) is 0 Å². The number of hydrogen-bond acceptors (Lipinski definition) is 5. The van der Waals surface area contributed by atoms with Crippen molar-refractivity contribution in [2.45, 2.75) is 22.8 Å². The lowest BCUT2D eigenvalue weighted by atomic mass is 10.4. The molecule has 0 saturated carbocycles. The molecule has 1 aromatic rings. The first-order valence-electron chi connectivity index (χ1n) is 5.30. The highest BCUT2D eigenvalue weighted by Gasteiger charge is 2.21. The first kappa shape index (κ1) is 19.8. The van der Waals surface area contributed by atoms with E-state index < -0.39 is 25.9 Å². The zero-order chi connectivity index (χ0) is 14.8. The van der Waals surface area contributed by atoms with Gasteiger partial charge in [0.15, 0.2) is 9.84 Å². The lowest BCUT2D eigenvalue weighted by Crippen LogP contribution is -2.37. The van der Waals surface area contributed by atoms with Crippen LogP contribution in [0.15, 0.2) is 32.5 Å². The van der Waals surface area contributed by atoms with Crippen LogP contribution in [-0.4, -0.2) is 35.7 Å². The summed E-state index contributed by atoms with van der Waals surface area (Å²) in [6, 6.07) is 3.34. The van der Waals surface area contributed by atoms with Crippen LogP contribution >= 0.6 is 28.3 Å². The fraction of sp³-hybridized carbons (Fsp3) is 0.400. The van der Waals surface area contributed by atoms with E-state index >= 15 is 0 Å². The molecular weight excluding hydrogens is 392 g/mol. The van der Waals surface area contributed by atoms with Gasteiger partial charge >= 0.3 is 0 Å². The highest BCUT2D eigenvalue weighted by atomic mass is 79.9. The molecule has 0 unspecified atom stereocenters. The quantitative estimate of drug-likeness (QED) is 0.754. The highest BCUT2D eigenvalue weighted by Crippen LogP contribution is 2.25. The van der Waals surface area contributed by atoms with Crippen LogP contribution in [-0.2, 0) is 19.9 Å². The van der Waals surface area contributed by atoms with Gasteiger partial charge in [-0.05, 0) is 41.1 Å². The van der Waals surface area contributed by atoms with Gasteiger partial charge in [-0.15, -0.1) is 12.4 Å². The monoisotopic (exact) mass is 406 g/mol. The molecule has 116 valence electrons. The molecule has 1 aromatic carbocycles. The van der Waals surface area contributed by atoms with E-state index in [-0.39, 0.29) is 33.2 Å². The Kier molecular flexibility index (Phi) is 7.12. The second-order valence-electron chi connectivity index (χ2n) is 4.12. The van der Waals surface area contributed by atoms with Gasteiger partial charge in [-0.2, -0.15) is 0 Å². The van der Waals surface area contributed by atoms with E-state index in [2.05, 4.69) is 20.7 Å². The van der Waals surface area contributed by atoms with E-state index in [1.165, 1.54) is 18.2 Å². The van der Waals surface area contributed by atoms with Crippen molar-refractivity contribution >= 4 is 48.2 Å². The van der Waals surface area contributed by atoms with Crippen molar-refractivity contribution in [3.8, 4) is 0 Å². The van der Waals surface area contributed by atoms with Crippen molar-refractivity contribution in [3.05, 3.63) is 22.7 Å². The minimum Gasteiger partial charge on any atom is -0.329 e. The minimum atomic E-state index is -3.74. The largest absolute Gasteiger partial charge is 0.329 e. The Morgan fingerprint density at radius 1 is 1.30 bits per heavy atom. The summed E-state index contributed by atoms with van der Waals surface area (Å²) in [6.45, 7) is 1.80. The van der Waals surface area contributed by atoms with Crippen LogP contribution in [0.2, 0.25) is 0 Å². The molecule has 0 aromatic heterocycles. The van der Waals surface area contributed by atoms with Crippen LogP contribution in [0.25, 0.3) is 0 Å². The van der Waals surface area contributed by atoms with Crippen LogP contribution in [0.3, 0.4) is 0 Å². The van der Waals surface area contributed by atoms with Crippen LogP contribution < -0.4 is 10.5 Å². The second-order valence-corrected chi connectivity index (χ2v) is 8.67. The predicted octanol–water partition coefficient (Wildman–Crippen LogP) is 0.900. The predicted molar refractivity (Wildman–Crippen MR) is 83.3 cm³/mol. The van der Waals surface area contributed by atoms with E-state index in [1.807, 2.05) is 0 Å². The number of nitrogens with two attached hydrogens (primary N) is 1. The fourth-order valence-corrected chi connectivity index (χ4v) is 4.44. The van der Waals surface area contributed by atoms with Crippen LogP contribution in [0, 0.1) is 0 Å². The van der Waals surface area contributed by atoms with Crippen molar-refractivity contribution in [2.24, 2.45) is 5.73 Å². The molecule has 0 radical (unpaired) electrons. The summed E-state index contributed by atoms with van der Waals surface area (Å²) in [5.41, 5.74) is 5.36. The van der Waals surface area contributed by atoms with Gasteiger partial charge in [-0.1, -0.05) is 0 Å². The van der Waals surface area contributed by atoms with E-state index in [4.69, 9.17) is 5.73 Å². The van der Waals surface area contributed by atoms with Crippen LogP contribution in [0.5, 0.6) is 0 Å². The summed E-state index contributed by atoms with van der Waals surface area (Å²) in [6.07, 6.45) is 1.05. The smallest absolute Gasteiger partial charge is 0.241 e. The molecule has 0 aliphatic rings. The summed E-state index contributed by atoms with van der Waals surface area (Å²) in [5, 5.41) is 0. The molecule has 1 rings (SSSR count). The second kappa shape index (κ2) is 7.19. The maximum atomic E-state index is 12.0. The molecule has 0 spiro atoms. The Hall–Kier alpha value is -0.190. The fourth-order valence-electron chi connectivity index (χ4n) is 1.31. The topological polar surface area (TPSA) is 106 Å². The van der Waals surface area contributed by atoms with Crippen molar-refractivity contribution in [2.75, 3.05) is 12.8 Å². The number of hydrogen-bond donors (Lipinski definition) is 2. The Bertz CT molecular complexity index is 676. The summed E-state index contributed by atoms with van der Waals surface area (Å²) in [5.74, 6) is 0. The average Bonchev–Trinajstić information content (AvgIpc) is 2.26. The Balaban J connectivity index is 0.00000361. The molecule has 0 heterocycles. The van der Waals surface area contributed by atoms with E-state index in [1.54, 1.807) is 6.92 Å². The average molecular weight is 408 g/mol. The van der Waals surface area contributed by atoms with Gasteiger partial charge in [0.25, 0.3) is 0 Å². The molecule has 3 N–H and O–H groups in total. The van der Waals surface area contributed by atoms with Crippen LogP contribution in [0.1, 0.15) is 6.92 Å². The van der Waals surface area contributed by atoms with Gasteiger partial charge in [-0.3, -0.25) is 0 Å². The normalized spacial score (nSPS) is 13.6. The van der Waals surface area contributed by atoms with Crippen molar-refractivity contribution in [3.63, 3.8) is 0 Å². The first-order valence-corrected chi connectivity index (χ1v) is 9.46. The van der Waals surface area contributed by atoms with Gasteiger partial charge in [0, 0.05) is 23.3 Å². The molecule has 0 bridgehead atoms. The molecule has 10 heteroatoms. The number of sulfone groups is 1. The SMILES string of the molecule is C[C@@H](CN)NS(=O)(=O)c1ccc(S(C)(=O)=O)cc1Br.Cl. The maximum absolute atomic E-state index is 12.0. The molecule has 6 nitrogen and oxygen atoms in total. The lowest BCUT2D eigenvalue weighted by Gasteiger charge is -2.13. The maximum Gasteiger partial charge on any atom is 0.241 e. The molecule has 0 aliphatic carbocycles. The number of rotatable bonds is 5. The van der Waals surface area contributed by atoms with Crippen LogP contribution in [0.4, 0.5) is 0 Å². The van der Waals surface area contributed by atoms with E-state index in [0.29, 0.717) is 0 Å². The Labute approximate surface area is 133 Å². The Morgan fingerprint density at radius 2 is 1.85 bits per heavy atom. The zero-order valence-electron chi connectivity index (χ0n) is 10.8. The van der Waals surface area contributed by atoms with Gasteiger partial charge in [0.2, 0.25) is 10.0 Å². The third-order valence-corrected chi connectivity index (χ3v) is 6.01. The molecule has 20 heavy (non-hydrogen) atoms. The molecule has 0 aliphatic heterocycles. The standard InChI is InChI=1S/C10H15BrN2O4S2.ClH/c1-7(6-12)13-19(16,17)10-4-3-8(5-9(10)11)18(2,14)15;/h3-5,7,13H,6,12H2,1-2H3;1H/t7-;/m0./s1. The van der Waals surface area contributed by atoms with Gasteiger partial charge in [-0.25, -0.2) is 21.6 Å². The lowest BCUT2D eigenvalue weighted by molar-refractivity contribution is 0.562. The number of benzene rings is 1. The molecule has 0 saturated heterocycles. The van der Waals surface area contributed by atoms with Gasteiger partial charge in [0.05, 0.1) is 9.79 Å². The zero-order valence-corrected chi connectivity index (χ0v) is 14.9. The van der Waals surface area contributed by atoms with E-state index in [0.717, 1.165) is 6.26 Å². The minimum absolute atomic E-state index is 0. The number of sulfonamides is 1. The van der Waals surface area contributed by atoms with Crippen molar-refractivity contribution < 1.29 is 16.8 Å². The molecule has 1 atom stereocenters. The summed E-state index contributed by atoms with van der Waals surface area (Å²) >= 11 is 3.07. The first-order chi connectivity index (χ1) is 8.58. The molecular formula is C10H16BrClN2O4S2. The van der Waals surface area contributed by atoms with E-state index in [9.17, 15) is 16.8 Å². The third kappa shape index (κ3) is 4.97. The molecule has 0 amide bonds. The summed E-state index contributed by atoms with van der Waals surface area (Å²) in [7, 11) is -7.12. The third-order valence-electron chi connectivity index (χ3n) is 2.33. The number of halogens is 2. The molecule has 0 fully saturated rings. The van der Waals surface area contributed by atoms with Crippen molar-refractivity contribution in [1.82, 2.24) is 4.72 Å².